The zero-order valence-corrected chi connectivity index (χ0v) is 17.2. The number of aryl methyl sites for hydroxylation is 1. The highest BCUT2D eigenvalue weighted by Crippen LogP contribution is 2.30. The molecule has 0 saturated carbocycles. The molecule has 1 N–H and O–H groups in total. The first-order chi connectivity index (χ1) is 14.4. The minimum atomic E-state index is -0.495. The van der Waals surface area contributed by atoms with Gasteiger partial charge < -0.3 is 9.84 Å². The summed E-state index contributed by atoms with van der Waals surface area (Å²) in [6.45, 7) is 2.07. The Labute approximate surface area is 181 Å². The van der Waals surface area contributed by atoms with Crippen molar-refractivity contribution in [1.29, 1.82) is 0 Å². The fourth-order valence-electron chi connectivity index (χ4n) is 2.90. The maximum atomic E-state index is 13.9. The minimum absolute atomic E-state index is 0.0670. The second-order valence-corrected chi connectivity index (χ2v) is 7.42. The summed E-state index contributed by atoms with van der Waals surface area (Å²) in [6.07, 6.45) is 0. The fourth-order valence-corrected chi connectivity index (χ4v) is 3.40. The molecule has 30 heavy (non-hydrogen) atoms. The molecule has 0 bridgehead atoms. The SMILES string of the molecule is Cc1cc(NC(=O)c2cc(-c3ccc(Cl)cc3Cl)on2)nn1Cc1ccccc1F. The van der Waals surface area contributed by atoms with Gasteiger partial charge in [-0.3, -0.25) is 9.48 Å². The van der Waals surface area contributed by atoms with Gasteiger partial charge in [0, 0.05) is 34.0 Å². The monoisotopic (exact) mass is 444 g/mol. The number of halogens is 3. The van der Waals surface area contributed by atoms with Gasteiger partial charge in [0.25, 0.3) is 5.91 Å². The fraction of sp³-hybridized carbons (Fsp3) is 0.0952. The number of benzene rings is 2. The van der Waals surface area contributed by atoms with Crippen LogP contribution < -0.4 is 5.32 Å². The van der Waals surface area contributed by atoms with E-state index in [0.29, 0.717) is 32.8 Å². The average molecular weight is 445 g/mol. The van der Waals surface area contributed by atoms with Gasteiger partial charge in [-0.1, -0.05) is 46.6 Å². The van der Waals surface area contributed by atoms with Crippen molar-refractivity contribution in [2.45, 2.75) is 13.5 Å². The van der Waals surface area contributed by atoms with Crippen molar-refractivity contribution in [2.75, 3.05) is 5.32 Å². The van der Waals surface area contributed by atoms with E-state index in [1.165, 1.54) is 12.1 Å². The third-order valence-corrected chi connectivity index (χ3v) is 4.99. The Morgan fingerprint density at radius 2 is 1.97 bits per heavy atom. The number of amides is 1. The predicted octanol–water partition coefficient (Wildman–Crippen LogP) is 5.59. The van der Waals surface area contributed by atoms with Gasteiger partial charge in [0.1, 0.15) is 5.82 Å². The van der Waals surface area contributed by atoms with E-state index < -0.39 is 5.91 Å². The number of hydrogen-bond donors (Lipinski definition) is 1. The third kappa shape index (κ3) is 4.22. The van der Waals surface area contributed by atoms with Crippen molar-refractivity contribution < 1.29 is 13.7 Å². The summed E-state index contributed by atoms with van der Waals surface area (Å²) in [4.78, 5) is 12.5. The van der Waals surface area contributed by atoms with Crippen LogP contribution in [0.3, 0.4) is 0 Å². The van der Waals surface area contributed by atoms with Gasteiger partial charge in [-0.2, -0.15) is 5.10 Å². The van der Waals surface area contributed by atoms with E-state index in [0.717, 1.165) is 5.69 Å². The molecule has 0 atom stereocenters. The van der Waals surface area contributed by atoms with E-state index >= 15 is 0 Å². The molecule has 2 aromatic heterocycles. The van der Waals surface area contributed by atoms with Crippen molar-refractivity contribution in [3.05, 3.63) is 87.4 Å². The molecule has 0 fully saturated rings. The molecule has 4 rings (SSSR count). The molecule has 0 radical (unpaired) electrons. The highest BCUT2D eigenvalue weighted by molar-refractivity contribution is 6.36. The molecule has 0 aliphatic heterocycles. The van der Waals surface area contributed by atoms with Crippen LogP contribution >= 0.6 is 23.2 Å². The number of nitrogens with zero attached hydrogens (tertiary/aromatic N) is 3. The third-order valence-electron chi connectivity index (χ3n) is 4.44. The lowest BCUT2D eigenvalue weighted by Gasteiger charge is -2.05. The number of nitrogens with one attached hydrogen (secondary N) is 1. The Morgan fingerprint density at radius 1 is 1.17 bits per heavy atom. The molecule has 1 amide bonds. The summed E-state index contributed by atoms with van der Waals surface area (Å²) in [5.41, 5.74) is 1.90. The van der Waals surface area contributed by atoms with E-state index in [9.17, 15) is 9.18 Å². The molecule has 0 aliphatic carbocycles. The maximum absolute atomic E-state index is 13.9. The zero-order chi connectivity index (χ0) is 21.3. The highest BCUT2D eigenvalue weighted by atomic mass is 35.5. The first kappa shape index (κ1) is 20.1. The van der Waals surface area contributed by atoms with Gasteiger partial charge in [0.2, 0.25) is 0 Å². The van der Waals surface area contributed by atoms with E-state index in [2.05, 4.69) is 15.6 Å². The van der Waals surface area contributed by atoms with Gasteiger partial charge in [-0.15, -0.1) is 0 Å². The van der Waals surface area contributed by atoms with Crippen molar-refractivity contribution in [2.24, 2.45) is 0 Å². The lowest BCUT2D eigenvalue weighted by Crippen LogP contribution is -2.13. The summed E-state index contributed by atoms with van der Waals surface area (Å²) in [5, 5.41) is 11.7. The van der Waals surface area contributed by atoms with Gasteiger partial charge in [0.05, 0.1) is 11.6 Å². The summed E-state index contributed by atoms with van der Waals surface area (Å²) in [5.74, 6) is -0.148. The molecule has 0 unspecified atom stereocenters. The molecule has 2 heterocycles. The lowest BCUT2D eigenvalue weighted by molar-refractivity contribution is 0.101. The van der Waals surface area contributed by atoms with Crippen LogP contribution in [0, 0.1) is 12.7 Å². The second-order valence-electron chi connectivity index (χ2n) is 6.57. The predicted molar refractivity (Wildman–Crippen MR) is 112 cm³/mol. The average Bonchev–Trinajstić information content (AvgIpc) is 3.31. The van der Waals surface area contributed by atoms with Gasteiger partial charge >= 0.3 is 0 Å². The standard InChI is InChI=1S/C21H15Cl2FN4O2/c1-12-8-20(26-28(12)11-13-4-2-3-5-17(13)24)25-21(29)18-10-19(30-27-18)15-7-6-14(22)9-16(15)23/h2-10H,11H2,1H3,(H,25,26,29). The summed E-state index contributed by atoms with van der Waals surface area (Å²) >= 11 is 12.1. The number of carbonyl (C=O) groups excluding carboxylic acids is 1. The van der Waals surface area contributed by atoms with Crippen molar-refractivity contribution in [1.82, 2.24) is 14.9 Å². The molecule has 0 aliphatic rings. The van der Waals surface area contributed by atoms with Crippen LogP contribution in [0.2, 0.25) is 10.0 Å². The molecule has 9 heteroatoms. The van der Waals surface area contributed by atoms with E-state index in [4.69, 9.17) is 27.7 Å². The molecule has 0 saturated heterocycles. The zero-order valence-electron chi connectivity index (χ0n) is 15.7. The molecule has 0 spiro atoms. The highest BCUT2D eigenvalue weighted by Gasteiger charge is 2.17. The van der Waals surface area contributed by atoms with E-state index in [-0.39, 0.29) is 18.1 Å². The van der Waals surface area contributed by atoms with Gasteiger partial charge in [-0.25, -0.2) is 4.39 Å². The van der Waals surface area contributed by atoms with Crippen LogP contribution in [0.25, 0.3) is 11.3 Å². The molecule has 4 aromatic rings. The van der Waals surface area contributed by atoms with Crippen molar-refractivity contribution in [3.8, 4) is 11.3 Å². The summed E-state index contributed by atoms with van der Waals surface area (Å²) in [7, 11) is 0. The molecular formula is C21H15Cl2FN4O2. The summed E-state index contributed by atoms with van der Waals surface area (Å²) < 4.78 is 20.7. The number of anilines is 1. The first-order valence-electron chi connectivity index (χ1n) is 8.92. The van der Waals surface area contributed by atoms with Crippen LogP contribution in [-0.4, -0.2) is 20.8 Å². The topological polar surface area (TPSA) is 73.0 Å². The van der Waals surface area contributed by atoms with Crippen LogP contribution in [0.15, 0.2) is 59.1 Å². The molecule has 6 nitrogen and oxygen atoms in total. The Hall–Kier alpha value is -3.16. The lowest BCUT2D eigenvalue weighted by atomic mass is 10.1. The van der Waals surface area contributed by atoms with Crippen molar-refractivity contribution in [3.63, 3.8) is 0 Å². The van der Waals surface area contributed by atoms with Crippen LogP contribution in [-0.2, 0) is 6.54 Å². The van der Waals surface area contributed by atoms with Gasteiger partial charge in [0.15, 0.2) is 17.3 Å². The molecular weight excluding hydrogens is 430 g/mol. The number of aromatic nitrogens is 3. The molecule has 2 aromatic carbocycles. The quantitative estimate of drug-likeness (QED) is 0.435. The van der Waals surface area contributed by atoms with E-state index in [1.54, 1.807) is 47.1 Å². The maximum Gasteiger partial charge on any atom is 0.279 e. The van der Waals surface area contributed by atoms with Crippen LogP contribution in [0.4, 0.5) is 10.2 Å². The number of rotatable bonds is 5. The smallest absolute Gasteiger partial charge is 0.279 e. The normalized spacial score (nSPS) is 10.9. The number of carbonyl (C=O) groups is 1. The summed E-state index contributed by atoms with van der Waals surface area (Å²) in [6, 6.07) is 14.6. The Balaban J connectivity index is 1.50. The largest absolute Gasteiger partial charge is 0.355 e. The van der Waals surface area contributed by atoms with Crippen molar-refractivity contribution >= 4 is 34.9 Å². The second kappa shape index (κ2) is 8.30. The van der Waals surface area contributed by atoms with Crippen LogP contribution in [0.1, 0.15) is 21.7 Å². The Kier molecular flexibility index (Phi) is 5.57. The number of hydrogen-bond acceptors (Lipinski definition) is 4. The molecule has 152 valence electrons. The minimum Gasteiger partial charge on any atom is -0.355 e. The first-order valence-corrected chi connectivity index (χ1v) is 9.67. The van der Waals surface area contributed by atoms with E-state index in [1.807, 2.05) is 6.92 Å². The van der Waals surface area contributed by atoms with Crippen LogP contribution in [0.5, 0.6) is 0 Å². The Morgan fingerprint density at radius 3 is 2.73 bits per heavy atom. The van der Waals surface area contributed by atoms with Gasteiger partial charge in [-0.05, 0) is 31.2 Å². The Bertz CT molecular complexity index is 1240.